The third-order valence-electron chi connectivity index (χ3n) is 5.25. The lowest BCUT2D eigenvalue weighted by atomic mass is 10.1. The lowest BCUT2D eigenvalue weighted by Crippen LogP contribution is -2.40. The number of carbonyl (C=O) groups is 1. The number of aromatic nitrogens is 2. The van der Waals surface area contributed by atoms with Gasteiger partial charge in [-0.1, -0.05) is 0 Å². The number of likely N-dealkylation sites (N-methyl/N-ethyl adjacent to an activating group) is 1. The molecule has 1 aliphatic heterocycles. The molecular formula is C24H32FN7O4. The van der Waals surface area contributed by atoms with Crippen molar-refractivity contribution in [3.8, 4) is 11.9 Å². The topological polar surface area (TPSA) is 125 Å². The van der Waals surface area contributed by atoms with Crippen LogP contribution in [0.15, 0.2) is 24.5 Å². The Labute approximate surface area is 210 Å². The van der Waals surface area contributed by atoms with Gasteiger partial charge in [0.05, 0.1) is 11.8 Å². The Morgan fingerprint density at radius 1 is 1.31 bits per heavy atom. The van der Waals surface area contributed by atoms with Gasteiger partial charge in [-0.25, -0.2) is 19.2 Å². The largest absolute Gasteiger partial charge is 0.528 e. The number of hydrogen-bond acceptors (Lipinski definition) is 11. The van der Waals surface area contributed by atoms with Crippen LogP contribution in [-0.4, -0.2) is 78.6 Å². The summed E-state index contributed by atoms with van der Waals surface area (Å²) in [4.78, 5) is 27.1. The van der Waals surface area contributed by atoms with Gasteiger partial charge in [-0.2, -0.15) is 5.26 Å². The van der Waals surface area contributed by atoms with Crippen LogP contribution in [0.4, 0.5) is 26.4 Å². The van der Waals surface area contributed by atoms with Gasteiger partial charge in [-0.3, -0.25) is 0 Å². The normalized spacial score (nSPS) is 14.4. The van der Waals surface area contributed by atoms with Crippen LogP contribution in [0.3, 0.4) is 0 Å². The van der Waals surface area contributed by atoms with Gasteiger partial charge in [-0.05, 0) is 46.1 Å². The minimum absolute atomic E-state index is 0.0734. The zero-order valence-corrected chi connectivity index (χ0v) is 21.0. The minimum atomic E-state index is -0.743. The maximum absolute atomic E-state index is 14.7. The van der Waals surface area contributed by atoms with Crippen molar-refractivity contribution in [3.05, 3.63) is 35.9 Å². The molecule has 2 N–H and O–H groups in total. The van der Waals surface area contributed by atoms with Crippen molar-refractivity contribution in [3.63, 3.8) is 0 Å². The minimum Gasteiger partial charge on any atom is -0.473 e. The second-order valence-electron chi connectivity index (χ2n) is 8.82. The van der Waals surface area contributed by atoms with Crippen LogP contribution in [0, 0.1) is 17.1 Å². The van der Waals surface area contributed by atoms with Gasteiger partial charge in [0.1, 0.15) is 24.3 Å². The molecule has 0 saturated carbocycles. The first-order chi connectivity index (χ1) is 17.2. The molecule has 0 spiro atoms. The molecule has 36 heavy (non-hydrogen) atoms. The molecule has 0 amide bonds. The molecule has 12 heteroatoms. The van der Waals surface area contributed by atoms with Gasteiger partial charge in [-0.15, -0.1) is 5.06 Å². The predicted octanol–water partition coefficient (Wildman–Crippen LogP) is 3.52. The Morgan fingerprint density at radius 2 is 2.06 bits per heavy atom. The Hall–Kier alpha value is -3.69. The summed E-state index contributed by atoms with van der Waals surface area (Å²) in [6, 6.07) is 6.76. The average molecular weight is 502 g/mol. The van der Waals surface area contributed by atoms with Crippen molar-refractivity contribution in [2.24, 2.45) is 0 Å². The predicted molar refractivity (Wildman–Crippen MR) is 131 cm³/mol. The van der Waals surface area contributed by atoms with E-state index in [1.54, 1.807) is 26.0 Å². The SMILES string of the molecule is CC(C)OC(=O)ON1CCC(Oc2ncnc(Nc3ccc(NCCN(C)C)cc3F)c2C#N)CC1. The fraction of sp³-hybridized carbons (Fsp3) is 0.500. The summed E-state index contributed by atoms with van der Waals surface area (Å²) >= 11 is 0. The van der Waals surface area contributed by atoms with Gasteiger partial charge in [0.2, 0.25) is 5.88 Å². The Balaban J connectivity index is 1.60. The quantitative estimate of drug-likeness (QED) is 0.465. The maximum atomic E-state index is 14.7. The van der Waals surface area contributed by atoms with Crippen molar-refractivity contribution in [1.82, 2.24) is 19.9 Å². The molecule has 0 aliphatic carbocycles. The van der Waals surface area contributed by atoms with Gasteiger partial charge >= 0.3 is 6.16 Å². The van der Waals surface area contributed by atoms with Crippen LogP contribution in [0.2, 0.25) is 0 Å². The first kappa shape index (κ1) is 26.9. The standard InChI is InChI=1S/C24H32FN7O4/c1-16(2)34-24(33)36-32-10-7-18(8-11-32)35-23-19(14-26)22(28-15-29-23)30-21-6-5-17(13-20(21)25)27-9-12-31(3)4/h5-6,13,15-16,18,27H,7-12H2,1-4H3,(H,28,29,30). The van der Waals surface area contributed by atoms with E-state index in [-0.39, 0.29) is 35.2 Å². The number of benzene rings is 1. The summed E-state index contributed by atoms with van der Waals surface area (Å²) in [5.41, 5.74) is 0.900. The lowest BCUT2D eigenvalue weighted by Gasteiger charge is -2.30. The highest BCUT2D eigenvalue weighted by Gasteiger charge is 2.26. The van der Waals surface area contributed by atoms with E-state index in [2.05, 4.69) is 20.6 Å². The Kier molecular flexibility index (Phi) is 9.61. The third-order valence-corrected chi connectivity index (χ3v) is 5.25. The fourth-order valence-electron chi connectivity index (χ4n) is 3.45. The molecule has 1 saturated heterocycles. The van der Waals surface area contributed by atoms with E-state index in [1.165, 1.54) is 17.5 Å². The van der Waals surface area contributed by atoms with E-state index < -0.39 is 12.0 Å². The number of anilines is 3. The summed E-state index contributed by atoms with van der Waals surface area (Å²) in [5.74, 6) is -0.235. The van der Waals surface area contributed by atoms with Crippen molar-refractivity contribution in [2.75, 3.05) is 50.9 Å². The molecule has 1 fully saturated rings. The second kappa shape index (κ2) is 12.9. The Morgan fingerprint density at radius 3 is 2.69 bits per heavy atom. The number of rotatable bonds is 10. The zero-order valence-electron chi connectivity index (χ0n) is 21.0. The van der Waals surface area contributed by atoms with E-state index in [9.17, 15) is 14.4 Å². The molecule has 0 unspecified atom stereocenters. The summed E-state index contributed by atoms with van der Waals surface area (Å²) in [6.07, 6.45) is 1.10. The first-order valence-corrected chi connectivity index (χ1v) is 11.8. The van der Waals surface area contributed by atoms with Crippen LogP contribution >= 0.6 is 0 Å². The molecule has 194 valence electrons. The molecule has 1 aromatic carbocycles. The number of ether oxygens (including phenoxy) is 2. The summed E-state index contributed by atoms with van der Waals surface area (Å²) in [7, 11) is 3.93. The highest BCUT2D eigenvalue weighted by Crippen LogP contribution is 2.28. The molecule has 1 aliphatic rings. The van der Waals surface area contributed by atoms with Crippen LogP contribution in [0.1, 0.15) is 32.3 Å². The average Bonchev–Trinajstić information content (AvgIpc) is 2.81. The number of hydroxylamine groups is 2. The second-order valence-corrected chi connectivity index (χ2v) is 8.82. The fourth-order valence-corrected chi connectivity index (χ4v) is 3.45. The first-order valence-electron chi connectivity index (χ1n) is 11.8. The van der Waals surface area contributed by atoms with Crippen molar-refractivity contribution < 1.29 is 23.5 Å². The molecular weight excluding hydrogens is 469 g/mol. The zero-order chi connectivity index (χ0) is 26.1. The van der Waals surface area contributed by atoms with Crippen LogP contribution in [0.5, 0.6) is 5.88 Å². The highest BCUT2D eigenvalue weighted by atomic mass is 19.1. The summed E-state index contributed by atoms with van der Waals surface area (Å²) in [6.45, 7) is 5.86. The van der Waals surface area contributed by atoms with E-state index in [0.29, 0.717) is 38.2 Å². The van der Waals surface area contributed by atoms with Crippen LogP contribution < -0.4 is 15.4 Å². The number of hydrogen-bond donors (Lipinski definition) is 2. The maximum Gasteiger partial charge on any atom is 0.528 e. The molecule has 2 heterocycles. The van der Waals surface area contributed by atoms with Crippen molar-refractivity contribution >= 4 is 23.3 Å². The lowest BCUT2D eigenvalue weighted by molar-refractivity contribution is -0.151. The van der Waals surface area contributed by atoms with E-state index in [0.717, 1.165) is 6.54 Å². The molecule has 3 rings (SSSR count). The van der Waals surface area contributed by atoms with Crippen molar-refractivity contribution in [2.45, 2.75) is 38.9 Å². The summed E-state index contributed by atoms with van der Waals surface area (Å²) < 4.78 is 25.7. The van der Waals surface area contributed by atoms with E-state index in [1.807, 2.05) is 25.1 Å². The molecule has 0 radical (unpaired) electrons. The molecule has 11 nitrogen and oxygen atoms in total. The molecule has 2 aromatic rings. The number of nitrogens with zero attached hydrogens (tertiary/aromatic N) is 5. The third kappa shape index (κ3) is 7.93. The summed E-state index contributed by atoms with van der Waals surface area (Å²) in [5, 5.41) is 17.3. The number of nitriles is 1. The molecule has 0 bridgehead atoms. The van der Waals surface area contributed by atoms with Gasteiger partial charge in [0, 0.05) is 44.7 Å². The monoisotopic (exact) mass is 501 g/mol. The molecule has 1 aromatic heterocycles. The van der Waals surface area contributed by atoms with E-state index in [4.69, 9.17) is 14.3 Å². The highest BCUT2D eigenvalue weighted by molar-refractivity contribution is 5.67. The molecule has 0 atom stereocenters. The number of nitrogens with one attached hydrogen (secondary N) is 2. The van der Waals surface area contributed by atoms with Gasteiger partial charge in [0.15, 0.2) is 11.4 Å². The van der Waals surface area contributed by atoms with Gasteiger partial charge in [0.25, 0.3) is 0 Å². The van der Waals surface area contributed by atoms with Crippen molar-refractivity contribution in [1.29, 1.82) is 5.26 Å². The van der Waals surface area contributed by atoms with Gasteiger partial charge < -0.3 is 29.8 Å². The number of halogens is 1. The number of piperidine rings is 1. The van der Waals surface area contributed by atoms with Crippen LogP contribution in [0.25, 0.3) is 0 Å². The Bertz CT molecular complexity index is 1070. The smallest absolute Gasteiger partial charge is 0.473 e. The van der Waals surface area contributed by atoms with E-state index >= 15 is 0 Å². The van der Waals surface area contributed by atoms with Crippen LogP contribution in [-0.2, 0) is 9.57 Å². The number of carbonyl (C=O) groups excluding carboxylic acids is 1.